The number of unbranched alkanes of at least 4 members (excludes halogenated alkanes) is 9. The van der Waals surface area contributed by atoms with Crippen LogP contribution in [0.25, 0.3) is 0 Å². The van der Waals surface area contributed by atoms with Crippen LogP contribution in [-0.4, -0.2) is 5.91 Å². The average molecular weight is 545 g/mol. The fraction of sp³-hybridized carbons (Fsp3) is 0.606. The van der Waals surface area contributed by atoms with Crippen molar-refractivity contribution in [2.45, 2.75) is 122 Å². The van der Waals surface area contributed by atoms with E-state index in [2.05, 4.69) is 17.6 Å². The highest BCUT2D eigenvalue weighted by molar-refractivity contribution is 5.90. The minimum atomic E-state index is -4.32. The Balaban J connectivity index is 1.39. The number of alkyl halides is 3. The molecule has 2 N–H and O–H groups in total. The molecule has 39 heavy (non-hydrogen) atoms. The molecule has 1 amide bonds. The van der Waals surface area contributed by atoms with E-state index >= 15 is 0 Å². The molecule has 1 saturated carbocycles. The largest absolute Gasteiger partial charge is 0.416 e. The highest BCUT2D eigenvalue weighted by Crippen LogP contribution is 2.37. The smallest absolute Gasteiger partial charge is 0.326 e. The maximum Gasteiger partial charge on any atom is 0.416 e. The zero-order valence-electron chi connectivity index (χ0n) is 23.6. The Bertz CT molecular complexity index is 950. The molecule has 2 aromatic rings. The average Bonchev–Trinajstić information content (AvgIpc) is 3.45. The molecule has 0 aliphatic heterocycles. The molecule has 0 bridgehead atoms. The van der Waals surface area contributed by atoms with Gasteiger partial charge in [-0.05, 0) is 60.6 Å². The lowest BCUT2D eigenvalue weighted by molar-refractivity contribution is -0.137. The lowest BCUT2D eigenvalue weighted by Gasteiger charge is -2.26. The summed E-state index contributed by atoms with van der Waals surface area (Å²) in [7, 11) is 0. The number of hydrogen-bond acceptors (Lipinski definition) is 2. The van der Waals surface area contributed by atoms with Crippen LogP contribution in [-0.2, 0) is 17.5 Å². The molecule has 1 unspecified atom stereocenters. The normalized spacial score (nSPS) is 15.0. The third-order valence-corrected chi connectivity index (χ3v) is 7.99. The Kier molecular flexibility index (Phi) is 13.3. The minimum absolute atomic E-state index is 0.0234. The second kappa shape index (κ2) is 16.7. The third-order valence-electron chi connectivity index (χ3n) is 7.99. The molecular formula is C33H47F3N2O. The van der Waals surface area contributed by atoms with Gasteiger partial charge in [-0.2, -0.15) is 13.2 Å². The zero-order valence-corrected chi connectivity index (χ0v) is 23.6. The molecule has 1 fully saturated rings. The molecule has 0 radical (unpaired) electrons. The van der Waals surface area contributed by atoms with Gasteiger partial charge in [0, 0.05) is 24.7 Å². The number of benzene rings is 2. The molecule has 0 aromatic heterocycles. The van der Waals surface area contributed by atoms with Crippen LogP contribution in [0.4, 0.5) is 18.9 Å². The van der Waals surface area contributed by atoms with Gasteiger partial charge in [0.15, 0.2) is 0 Å². The topological polar surface area (TPSA) is 41.1 Å². The van der Waals surface area contributed by atoms with Crippen LogP contribution in [0.2, 0.25) is 0 Å². The van der Waals surface area contributed by atoms with E-state index in [1.807, 2.05) is 24.3 Å². The molecular weight excluding hydrogens is 497 g/mol. The summed E-state index contributed by atoms with van der Waals surface area (Å²) in [5, 5.41) is 6.61. The maximum atomic E-state index is 13.0. The quantitative estimate of drug-likeness (QED) is 0.195. The van der Waals surface area contributed by atoms with Crippen LogP contribution in [0.15, 0.2) is 48.5 Å². The Hall–Kier alpha value is -2.34. The number of carbonyl (C=O) groups is 1. The Morgan fingerprint density at radius 3 is 1.95 bits per heavy atom. The molecule has 3 nitrogen and oxygen atoms in total. The van der Waals surface area contributed by atoms with Crippen LogP contribution in [0.1, 0.15) is 126 Å². The number of rotatable bonds is 17. The SMILES string of the molecule is CCCCCCCCCCCCC(=O)Nc1ccc(CNC(c2ccc(C(F)(F)F)cc2)C2CCCC2)cc1. The standard InChI is InChI=1S/C33H47F3N2O/c1-2-3-4-5-6-7-8-9-10-11-16-31(39)38-30-23-17-26(18-24-30)25-37-32(27-14-12-13-15-27)28-19-21-29(22-20-28)33(34,35)36/h17-24,27,32,37H,2-16,25H2,1H3,(H,38,39). The minimum Gasteiger partial charge on any atom is -0.326 e. The van der Waals surface area contributed by atoms with Crippen molar-refractivity contribution in [2.75, 3.05) is 5.32 Å². The second-order valence-electron chi connectivity index (χ2n) is 11.2. The fourth-order valence-corrected chi connectivity index (χ4v) is 5.66. The molecule has 1 aliphatic rings. The first-order chi connectivity index (χ1) is 18.9. The van der Waals surface area contributed by atoms with Gasteiger partial charge in [-0.25, -0.2) is 0 Å². The van der Waals surface area contributed by atoms with Crippen molar-refractivity contribution in [1.82, 2.24) is 5.32 Å². The van der Waals surface area contributed by atoms with Crippen LogP contribution >= 0.6 is 0 Å². The van der Waals surface area contributed by atoms with Gasteiger partial charge in [0.25, 0.3) is 0 Å². The van der Waals surface area contributed by atoms with Gasteiger partial charge in [0.1, 0.15) is 0 Å². The van der Waals surface area contributed by atoms with Gasteiger partial charge in [0.05, 0.1) is 5.56 Å². The molecule has 1 atom stereocenters. The van der Waals surface area contributed by atoms with E-state index in [1.165, 1.54) is 63.5 Å². The van der Waals surface area contributed by atoms with Crippen molar-refractivity contribution < 1.29 is 18.0 Å². The van der Waals surface area contributed by atoms with E-state index < -0.39 is 11.7 Å². The molecule has 6 heteroatoms. The Labute approximate surface area is 233 Å². The van der Waals surface area contributed by atoms with Crippen molar-refractivity contribution in [3.8, 4) is 0 Å². The maximum absolute atomic E-state index is 13.0. The van der Waals surface area contributed by atoms with E-state index in [4.69, 9.17) is 0 Å². The molecule has 0 saturated heterocycles. The summed E-state index contributed by atoms with van der Waals surface area (Å²) < 4.78 is 39.1. The molecule has 0 spiro atoms. The van der Waals surface area contributed by atoms with Gasteiger partial charge < -0.3 is 10.6 Å². The number of nitrogens with one attached hydrogen (secondary N) is 2. The summed E-state index contributed by atoms with van der Waals surface area (Å²) >= 11 is 0. The number of carbonyl (C=O) groups excluding carboxylic acids is 1. The van der Waals surface area contributed by atoms with E-state index in [1.54, 1.807) is 12.1 Å². The number of halogens is 3. The number of hydrogen-bond donors (Lipinski definition) is 2. The predicted molar refractivity (Wildman–Crippen MR) is 155 cm³/mol. The Morgan fingerprint density at radius 2 is 1.38 bits per heavy atom. The fourth-order valence-electron chi connectivity index (χ4n) is 5.66. The van der Waals surface area contributed by atoms with Crippen molar-refractivity contribution in [3.05, 3.63) is 65.2 Å². The van der Waals surface area contributed by atoms with Gasteiger partial charge >= 0.3 is 6.18 Å². The molecule has 1 aliphatic carbocycles. The van der Waals surface area contributed by atoms with Crippen LogP contribution in [0.5, 0.6) is 0 Å². The molecule has 0 heterocycles. The lowest BCUT2D eigenvalue weighted by atomic mass is 9.91. The summed E-state index contributed by atoms with van der Waals surface area (Å²) in [6, 6.07) is 13.5. The lowest BCUT2D eigenvalue weighted by Crippen LogP contribution is -2.27. The number of amides is 1. The van der Waals surface area contributed by atoms with Crippen LogP contribution in [0, 0.1) is 5.92 Å². The van der Waals surface area contributed by atoms with Gasteiger partial charge in [-0.15, -0.1) is 0 Å². The first-order valence-corrected chi connectivity index (χ1v) is 15.2. The first-order valence-electron chi connectivity index (χ1n) is 15.2. The van der Waals surface area contributed by atoms with Gasteiger partial charge in [-0.3, -0.25) is 4.79 Å². The van der Waals surface area contributed by atoms with E-state index in [0.717, 1.165) is 55.3 Å². The summed E-state index contributed by atoms with van der Waals surface area (Å²) in [5.41, 5.74) is 2.18. The van der Waals surface area contributed by atoms with Crippen LogP contribution < -0.4 is 10.6 Å². The second-order valence-corrected chi connectivity index (χ2v) is 11.2. The highest BCUT2D eigenvalue weighted by Gasteiger charge is 2.31. The van der Waals surface area contributed by atoms with Crippen molar-refractivity contribution in [2.24, 2.45) is 5.92 Å². The van der Waals surface area contributed by atoms with Crippen molar-refractivity contribution >= 4 is 11.6 Å². The van der Waals surface area contributed by atoms with Gasteiger partial charge in [-0.1, -0.05) is 102 Å². The molecule has 3 rings (SSSR count). The molecule has 216 valence electrons. The first kappa shape index (κ1) is 31.2. The molecule has 2 aromatic carbocycles. The van der Waals surface area contributed by atoms with E-state index in [-0.39, 0.29) is 11.9 Å². The van der Waals surface area contributed by atoms with Crippen molar-refractivity contribution in [1.29, 1.82) is 0 Å². The summed E-state index contributed by atoms with van der Waals surface area (Å²) in [6.07, 6.45) is 13.2. The van der Waals surface area contributed by atoms with Gasteiger partial charge in [0.2, 0.25) is 5.91 Å². The van der Waals surface area contributed by atoms with Crippen LogP contribution in [0.3, 0.4) is 0 Å². The number of anilines is 1. The summed E-state index contributed by atoms with van der Waals surface area (Å²) in [4.78, 5) is 12.3. The summed E-state index contributed by atoms with van der Waals surface area (Å²) in [6.45, 7) is 2.86. The zero-order chi connectivity index (χ0) is 27.9. The van der Waals surface area contributed by atoms with E-state index in [0.29, 0.717) is 18.9 Å². The van der Waals surface area contributed by atoms with E-state index in [9.17, 15) is 18.0 Å². The Morgan fingerprint density at radius 1 is 0.821 bits per heavy atom. The third kappa shape index (κ3) is 11.4. The van der Waals surface area contributed by atoms with Crippen molar-refractivity contribution in [3.63, 3.8) is 0 Å². The highest BCUT2D eigenvalue weighted by atomic mass is 19.4. The predicted octanol–water partition coefficient (Wildman–Crippen LogP) is 9.98. The monoisotopic (exact) mass is 544 g/mol. The summed E-state index contributed by atoms with van der Waals surface area (Å²) in [5.74, 6) is 0.482.